The predicted octanol–water partition coefficient (Wildman–Crippen LogP) is 1.44. The molecule has 1 amide bonds. The molecule has 11 heteroatoms. The van der Waals surface area contributed by atoms with Crippen molar-refractivity contribution in [1.82, 2.24) is 15.4 Å². The summed E-state index contributed by atoms with van der Waals surface area (Å²) < 4.78 is 64.1. The van der Waals surface area contributed by atoms with E-state index >= 15 is 0 Å². The minimum absolute atomic E-state index is 0. The maximum atomic E-state index is 12.7. The van der Waals surface area contributed by atoms with Gasteiger partial charge in [-0.05, 0) is 31.2 Å². The van der Waals surface area contributed by atoms with Gasteiger partial charge in [0.05, 0.1) is 17.0 Å². The lowest BCUT2D eigenvalue weighted by Gasteiger charge is -2.15. The van der Waals surface area contributed by atoms with Gasteiger partial charge in [-0.3, -0.25) is 4.79 Å². The number of hydrogen-bond donors (Lipinski definition) is 3. The average Bonchev–Trinajstić information content (AvgIpc) is 2.58. The van der Waals surface area contributed by atoms with Gasteiger partial charge in [-0.15, -0.1) is 12.4 Å². The monoisotopic (exact) mass is 413 g/mol. The highest BCUT2D eigenvalue weighted by atomic mass is 35.5. The first-order chi connectivity index (χ1) is 11.7. The van der Waals surface area contributed by atoms with Crippen molar-refractivity contribution in [3.8, 4) is 0 Å². The van der Waals surface area contributed by atoms with E-state index in [0.29, 0.717) is 19.2 Å². The fourth-order valence-corrected chi connectivity index (χ4v) is 3.22. The number of carbonyl (C=O) groups excluding carboxylic acids is 1. The van der Waals surface area contributed by atoms with Crippen molar-refractivity contribution in [2.24, 2.45) is 0 Å². The first kappa shape index (κ1) is 22.4. The average molecular weight is 414 g/mol. The van der Waals surface area contributed by atoms with E-state index in [2.05, 4.69) is 10.6 Å². The molecule has 0 atom stereocenters. The summed E-state index contributed by atoms with van der Waals surface area (Å²) in [6.45, 7) is 1.28. The van der Waals surface area contributed by atoms with Gasteiger partial charge in [-0.2, -0.15) is 13.2 Å². The Morgan fingerprint density at radius 2 is 2.00 bits per heavy atom. The van der Waals surface area contributed by atoms with Crippen LogP contribution in [0.4, 0.5) is 13.2 Å². The molecule has 1 aromatic carbocycles. The zero-order valence-corrected chi connectivity index (χ0v) is 15.2. The maximum absolute atomic E-state index is 12.7. The van der Waals surface area contributed by atoms with Gasteiger partial charge >= 0.3 is 6.18 Å². The van der Waals surface area contributed by atoms with Gasteiger partial charge in [-0.1, -0.05) is 17.7 Å². The van der Waals surface area contributed by atoms with Crippen molar-refractivity contribution in [3.63, 3.8) is 0 Å². The molecule has 1 heterocycles. The number of nitrogens with one attached hydrogen (secondary N) is 3. The Labute approximate surface area is 155 Å². The fourth-order valence-electron chi connectivity index (χ4n) is 2.19. The number of carbonyl (C=O) groups is 1. The van der Waals surface area contributed by atoms with Crippen LogP contribution in [-0.4, -0.2) is 40.5 Å². The minimum atomic E-state index is -4.65. The summed E-state index contributed by atoms with van der Waals surface area (Å²) in [4.78, 5) is 11.2. The highest BCUT2D eigenvalue weighted by Gasteiger charge is 2.31. The summed E-state index contributed by atoms with van der Waals surface area (Å²) in [6, 6.07) is 3.34. The second kappa shape index (κ2) is 9.36. The number of halogens is 4. The molecule has 0 spiro atoms. The maximum Gasteiger partial charge on any atom is 0.416 e. The molecule has 3 N–H and O–H groups in total. The van der Waals surface area contributed by atoms with Crippen LogP contribution in [0.5, 0.6) is 0 Å². The van der Waals surface area contributed by atoms with Crippen LogP contribution in [0.1, 0.15) is 12.0 Å². The Morgan fingerprint density at radius 1 is 1.27 bits per heavy atom. The molecule has 0 saturated heterocycles. The number of sulfonamides is 1. The molecule has 0 fully saturated rings. The van der Waals surface area contributed by atoms with E-state index in [1.807, 2.05) is 10.8 Å². The molecule has 1 aromatic rings. The van der Waals surface area contributed by atoms with Crippen LogP contribution in [0.15, 0.2) is 40.8 Å². The molecule has 6 nitrogen and oxygen atoms in total. The first-order valence-corrected chi connectivity index (χ1v) is 8.99. The molecule has 0 aromatic heterocycles. The molecule has 1 aliphatic heterocycles. The molecule has 146 valence electrons. The van der Waals surface area contributed by atoms with Crippen molar-refractivity contribution in [1.29, 1.82) is 0 Å². The van der Waals surface area contributed by atoms with E-state index in [9.17, 15) is 26.4 Å². The smallest absolute Gasteiger partial charge is 0.351 e. The van der Waals surface area contributed by atoms with E-state index in [1.165, 1.54) is 0 Å². The van der Waals surface area contributed by atoms with Crippen molar-refractivity contribution in [2.75, 3.05) is 26.2 Å². The fraction of sp³-hybridized carbons (Fsp3) is 0.400. The normalized spacial score (nSPS) is 15.0. The Kier molecular flexibility index (Phi) is 8.07. The molecular weight excluding hydrogens is 395 g/mol. The van der Waals surface area contributed by atoms with Crippen molar-refractivity contribution in [2.45, 2.75) is 17.5 Å². The van der Waals surface area contributed by atoms with Crippen LogP contribution in [0.25, 0.3) is 0 Å². The standard InChI is InChI=1S/C15H18F3N3O3S.ClH/c16-15(17,18)12-2-1-3-13(8-12)25(23,24)21-10-14(22)20-9-11-4-6-19-7-5-11;/h1-4,8,19,21H,5-7,9-10H2,(H,20,22);1H. The lowest BCUT2D eigenvalue weighted by molar-refractivity contribution is -0.137. The molecule has 0 bridgehead atoms. The minimum Gasteiger partial charge on any atom is -0.351 e. The van der Waals surface area contributed by atoms with Crippen LogP contribution in [0.2, 0.25) is 0 Å². The zero-order chi connectivity index (χ0) is 18.5. The number of amides is 1. The Hall–Kier alpha value is -1.62. The van der Waals surface area contributed by atoms with Crippen molar-refractivity contribution < 1.29 is 26.4 Å². The van der Waals surface area contributed by atoms with Crippen molar-refractivity contribution in [3.05, 3.63) is 41.5 Å². The summed E-state index contributed by atoms with van der Waals surface area (Å²) in [7, 11) is -4.22. The van der Waals surface area contributed by atoms with Crippen LogP contribution in [-0.2, 0) is 21.0 Å². The highest BCUT2D eigenvalue weighted by molar-refractivity contribution is 7.89. The quantitative estimate of drug-likeness (QED) is 0.616. The van der Waals surface area contributed by atoms with E-state index in [1.54, 1.807) is 0 Å². The number of benzene rings is 1. The van der Waals surface area contributed by atoms with Crippen LogP contribution >= 0.6 is 12.4 Å². The summed E-state index contributed by atoms with van der Waals surface area (Å²) in [5, 5.41) is 5.69. The van der Waals surface area contributed by atoms with Gasteiger partial charge in [0.2, 0.25) is 15.9 Å². The summed E-state index contributed by atoms with van der Waals surface area (Å²) in [6.07, 6.45) is -1.92. The van der Waals surface area contributed by atoms with Gasteiger partial charge in [-0.25, -0.2) is 13.1 Å². The molecule has 1 aliphatic rings. The van der Waals surface area contributed by atoms with Crippen LogP contribution in [0, 0.1) is 0 Å². The third-order valence-electron chi connectivity index (χ3n) is 3.56. The number of alkyl halides is 3. The highest BCUT2D eigenvalue weighted by Crippen LogP contribution is 2.30. The Bertz CT molecular complexity index is 767. The number of hydrogen-bond acceptors (Lipinski definition) is 4. The van der Waals surface area contributed by atoms with Gasteiger partial charge in [0.25, 0.3) is 0 Å². The SMILES string of the molecule is Cl.O=C(CNS(=O)(=O)c1cccc(C(F)(F)F)c1)NCC1=CCNCC1. The second-order valence-corrected chi connectivity index (χ2v) is 7.21. The van der Waals surface area contributed by atoms with E-state index in [4.69, 9.17) is 0 Å². The van der Waals surface area contributed by atoms with Crippen molar-refractivity contribution >= 4 is 28.3 Å². The van der Waals surface area contributed by atoms with Gasteiger partial charge in [0.1, 0.15) is 0 Å². The molecule has 2 rings (SSSR count). The van der Waals surface area contributed by atoms with Crippen LogP contribution < -0.4 is 15.4 Å². The third kappa shape index (κ3) is 6.60. The first-order valence-electron chi connectivity index (χ1n) is 7.51. The largest absolute Gasteiger partial charge is 0.416 e. The van der Waals surface area contributed by atoms with E-state index < -0.39 is 39.1 Å². The molecule has 0 saturated carbocycles. The molecule has 0 aliphatic carbocycles. The Balaban J connectivity index is 0.00000338. The summed E-state index contributed by atoms with van der Waals surface area (Å²) in [5.74, 6) is -0.560. The number of rotatable bonds is 6. The predicted molar refractivity (Wildman–Crippen MR) is 92.5 cm³/mol. The topological polar surface area (TPSA) is 87.3 Å². The Morgan fingerprint density at radius 3 is 2.62 bits per heavy atom. The molecule has 0 radical (unpaired) electrons. The lowest BCUT2D eigenvalue weighted by Crippen LogP contribution is -2.38. The molecular formula is C15H19ClF3N3O3S. The summed E-state index contributed by atoms with van der Waals surface area (Å²) in [5.41, 5.74) is -0.0366. The van der Waals surface area contributed by atoms with Gasteiger partial charge < -0.3 is 10.6 Å². The van der Waals surface area contributed by atoms with Gasteiger partial charge in [0, 0.05) is 13.1 Å². The summed E-state index contributed by atoms with van der Waals surface area (Å²) >= 11 is 0. The van der Waals surface area contributed by atoms with Gasteiger partial charge in [0.15, 0.2) is 0 Å². The van der Waals surface area contributed by atoms with Crippen LogP contribution in [0.3, 0.4) is 0 Å². The van der Waals surface area contributed by atoms with E-state index in [-0.39, 0.29) is 12.4 Å². The molecule has 0 unspecified atom stereocenters. The third-order valence-corrected chi connectivity index (χ3v) is 4.96. The second-order valence-electron chi connectivity index (χ2n) is 5.44. The zero-order valence-electron chi connectivity index (χ0n) is 13.6. The molecule has 26 heavy (non-hydrogen) atoms. The lowest BCUT2D eigenvalue weighted by atomic mass is 10.1. The van der Waals surface area contributed by atoms with E-state index in [0.717, 1.165) is 36.7 Å².